The van der Waals surface area contributed by atoms with Crippen LogP contribution in [0.3, 0.4) is 0 Å². The molecule has 5 aromatic rings. The van der Waals surface area contributed by atoms with E-state index in [1.54, 1.807) is 25.6 Å². The lowest BCUT2D eigenvalue weighted by molar-refractivity contribution is -0.111. The fourth-order valence-electron chi connectivity index (χ4n) is 3.98. The Kier molecular flexibility index (Phi) is 5.37. The first-order valence-electron chi connectivity index (χ1n) is 10.6. The predicted molar refractivity (Wildman–Crippen MR) is 132 cm³/mol. The fourth-order valence-corrected chi connectivity index (χ4v) is 3.98. The normalized spacial score (nSPS) is 11.6. The number of carbonyl (C=O) groups excluding carboxylic acids is 1. The van der Waals surface area contributed by atoms with Crippen molar-refractivity contribution in [3.05, 3.63) is 96.9 Å². The van der Waals surface area contributed by atoms with Gasteiger partial charge < -0.3 is 14.5 Å². The molecule has 2 aromatic heterocycles. The number of nitrogens with one attached hydrogen (secondary N) is 1. The molecule has 0 aliphatic carbocycles. The second-order valence-electron chi connectivity index (χ2n) is 7.79. The van der Waals surface area contributed by atoms with Crippen LogP contribution in [0.4, 0.5) is 5.69 Å². The minimum absolute atomic E-state index is 0.214. The molecule has 33 heavy (non-hydrogen) atoms. The van der Waals surface area contributed by atoms with Gasteiger partial charge in [-0.1, -0.05) is 36.4 Å². The van der Waals surface area contributed by atoms with Crippen LogP contribution in [0.15, 0.2) is 95.7 Å². The second kappa shape index (κ2) is 8.63. The largest absolute Gasteiger partial charge is 0.496 e. The number of allylic oxidation sites excluding steroid dienone is 1. The summed E-state index contributed by atoms with van der Waals surface area (Å²) in [5.74, 6) is 0.433. The third-order valence-corrected chi connectivity index (χ3v) is 5.62. The summed E-state index contributed by atoms with van der Waals surface area (Å²) < 4.78 is 11.4. The summed E-state index contributed by atoms with van der Waals surface area (Å²) in [4.78, 5) is 17.1. The number of aromatic nitrogens is 1. The Balaban J connectivity index is 1.48. The second-order valence-corrected chi connectivity index (χ2v) is 7.79. The van der Waals surface area contributed by atoms with E-state index in [2.05, 4.69) is 10.3 Å². The van der Waals surface area contributed by atoms with Gasteiger partial charge in [-0.3, -0.25) is 9.78 Å². The molecule has 2 heterocycles. The highest BCUT2D eigenvalue weighted by molar-refractivity contribution is 6.06. The van der Waals surface area contributed by atoms with E-state index in [9.17, 15) is 4.79 Å². The molecular formula is C28H22N2O3. The minimum atomic E-state index is -0.214. The van der Waals surface area contributed by atoms with Crippen molar-refractivity contribution < 1.29 is 13.9 Å². The van der Waals surface area contributed by atoms with Crippen LogP contribution in [0.1, 0.15) is 12.5 Å². The monoisotopic (exact) mass is 434 g/mol. The van der Waals surface area contributed by atoms with Crippen molar-refractivity contribution in [1.82, 2.24) is 4.98 Å². The van der Waals surface area contributed by atoms with Crippen molar-refractivity contribution in [3.63, 3.8) is 0 Å². The molecule has 0 radical (unpaired) electrons. The van der Waals surface area contributed by atoms with Gasteiger partial charge in [0.15, 0.2) is 0 Å². The number of amides is 1. The molecule has 3 aromatic carbocycles. The first-order valence-corrected chi connectivity index (χ1v) is 10.6. The Hall–Kier alpha value is -4.38. The number of hydrogen-bond donors (Lipinski definition) is 1. The molecule has 5 rings (SSSR count). The molecule has 0 saturated heterocycles. The molecule has 1 N–H and O–H groups in total. The average Bonchev–Trinajstić information content (AvgIpc) is 3.26. The van der Waals surface area contributed by atoms with E-state index >= 15 is 0 Å². The van der Waals surface area contributed by atoms with Gasteiger partial charge in [-0.2, -0.15) is 0 Å². The summed E-state index contributed by atoms with van der Waals surface area (Å²) >= 11 is 0. The highest BCUT2D eigenvalue weighted by Gasteiger charge is 2.15. The minimum Gasteiger partial charge on any atom is -0.496 e. The van der Waals surface area contributed by atoms with Crippen molar-refractivity contribution >= 4 is 39.0 Å². The van der Waals surface area contributed by atoms with Crippen LogP contribution in [0, 0.1) is 0 Å². The number of pyridine rings is 1. The standard InChI is InChI=1S/C28H22N2O3/c1-18(13-28(31)30-21-10-11-25-20(14-21)9-6-12-29-25)22-15-23-24(19-7-4-3-5-8-19)17-33-27(23)16-26(22)32-2/h3-17H,1-2H3,(H,30,31)/b18-13+. The van der Waals surface area contributed by atoms with Crippen molar-refractivity contribution in [1.29, 1.82) is 0 Å². The number of carbonyl (C=O) groups is 1. The summed E-state index contributed by atoms with van der Waals surface area (Å²) in [5.41, 5.74) is 6.02. The van der Waals surface area contributed by atoms with E-state index in [0.717, 1.165) is 44.1 Å². The van der Waals surface area contributed by atoms with Gasteiger partial charge in [-0.25, -0.2) is 0 Å². The van der Waals surface area contributed by atoms with Gasteiger partial charge in [0, 0.05) is 45.9 Å². The van der Waals surface area contributed by atoms with E-state index < -0.39 is 0 Å². The number of hydrogen-bond acceptors (Lipinski definition) is 4. The topological polar surface area (TPSA) is 64.4 Å². The number of rotatable bonds is 5. The third kappa shape index (κ3) is 4.08. The summed E-state index contributed by atoms with van der Waals surface area (Å²) in [7, 11) is 1.61. The Bertz CT molecular complexity index is 1500. The SMILES string of the molecule is COc1cc2occ(-c3ccccc3)c2cc1/C(C)=C/C(=O)Nc1ccc2ncccc2c1. The number of benzene rings is 3. The smallest absolute Gasteiger partial charge is 0.248 e. The van der Waals surface area contributed by atoms with Crippen LogP contribution in [0.25, 0.3) is 38.6 Å². The lowest BCUT2D eigenvalue weighted by Gasteiger charge is -2.10. The molecule has 162 valence electrons. The van der Waals surface area contributed by atoms with Gasteiger partial charge in [0.05, 0.1) is 18.9 Å². The zero-order valence-corrected chi connectivity index (χ0v) is 18.3. The zero-order chi connectivity index (χ0) is 22.8. The van der Waals surface area contributed by atoms with Crippen molar-refractivity contribution in [3.8, 4) is 16.9 Å². The molecule has 5 nitrogen and oxygen atoms in total. The first kappa shape index (κ1) is 20.5. The van der Waals surface area contributed by atoms with Gasteiger partial charge in [0.1, 0.15) is 11.3 Å². The van der Waals surface area contributed by atoms with Gasteiger partial charge in [-0.05, 0) is 48.4 Å². The number of furan rings is 1. The Morgan fingerprint density at radius 2 is 1.88 bits per heavy atom. The molecular weight excluding hydrogens is 412 g/mol. The fraction of sp³-hybridized carbons (Fsp3) is 0.0714. The Morgan fingerprint density at radius 3 is 2.70 bits per heavy atom. The molecule has 0 saturated carbocycles. The van der Waals surface area contributed by atoms with Gasteiger partial charge in [0.2, 0.25) is 5.91 Å². The molecule has 0 bridgehead atoms. The number of anilines is 1. The third-order valence-electron chi connectivity index (χ3n) is 5.62. The van der Waals surface area contributed by atoms with Crippen LogP contribution in [0.2, 0.25) is 0 Å². The van der Waals surface area contributed by atoms with Crippen molar-refractivity contribution in [2.45, 2.75) is 6.92 Å². The van der Waals surface area contributed by atoms with E-state index in [1.807, 2.05) is 79.7 Å². The highest BCUT2D eigenvalue weighted by Crippen LogP contribution is 2.37. The quantitative estimate of drug-likeness (QED) is 0.313. The summed E-state index contributed by atoms with van der Waals surface area (Å²) in [6.07, 6.45) is 5.09. The molecule has 0 aliphatic rings. The first-order chi connectivity index (χ1) is 16.1. The van der Waals surface area contributed by atoms with E-state index in [1.165, 1.54) is 0 Å². The average molecular weight is 434 g/mol. The Labute approximate surface area is 191 Å². The number of nitrogens with zero attached hydrogens (tertiary/aromatic N) is 1. The summed E-state index contributed by atoms with van der Waals surface area (Å²) in [6, 6.07) is 23.4. The van der Waals surface area contributed by atoms with Gasteiger partial charge in [0.25, 0.3) is 0 Å². The lowest BCUT2D eigenvalue weighted by Crippen LogP contribution is -2.08. The maximum atomic E-state index is 12.8. The zero-order valence-electron chi connectivity index (χ0n) is 18.3. The molecule has 1 amide bonds. The molecule has 0 aliphatic heterocycles. The summed E-state index contributed by atoms with van der Waals surface area (Å²) in [6.45, 7) is 1.90. The maximum absolute atomic E-state index is 12.8. The van der Waals surface area contributed by atoms with Crippen LogP contribution in [-0.4, -0.2) is 18.0 Å². The maximum Gasteiger partial charge on any atom is 0.248 e. The summed E-state index contributed by atoms with van der Waals surface area (Å²) in [5, 5.41) is 4.87. The van der Waals surface area contributed by atoms with Crippen LogP contribution in [-0.2, 0) is 4.79 Å². The van der Waals surface area contributed by atoms with Crippen molar-refractivity contribution in [2.75, 3.05) is 12.4 Å². The molecule has 5 heteroatoms. The van der Waals surface area contributed by atoms with Crippen LogP contribution in [0.5, 0.6) is 5.75 Å². The Morgan fingerprint density at radius 1 is 1.03 bits per heavy atom. The predicted octanol–water partition coefficient (Wildman–Crippen LogP) is 6.70. The number of ether oxygens (including phenoxy) is 1. The highest BCUT2D eigenvalue weighted by atomic mass is 16.5. The van der Waals surface area contributed by atoms with Gasteiger partial charge >= 0.3 is 0 Å². The number of fused-ring (bicyclic) bond motifs is 2. The van der Waals surface area contributed by atoms with Crippen LogP contribution >= 0.6 is 0 Å². The molecule has 0 spiro atoms. The number of methoxy groups -OCH3 is 1. The molecule has 0 fully saturated rings. The van der Waals surface area contributed by atoms with Crippen LogP contribution < -0.4 is 10.1 Å². The molecule has 0 atom stereocenters. The van der Waals surface area contributed by atoms with E-state index in [0.29, 0.717) is 11.4 Å². The van der Waals surface area contributed by atoms with E-state index in [-0.39, 0.29) is 5.91 Å². The van der Waals surface area contributed by atoms with Gasteiger partial charge in [-0.15, -0.1) is 0 Å². The lowest BCUT2D eigenvalue weighted by atomic mass is 9.99. The van der Waals surface area contributed by atoms with Crippen molar-refractivity contribution in [2.24, 2.45) is 0 Å². The molecule has 0 unspecified atom stereocenters. The van der Waals surface area contributed by atoms with E-state index in [4.69, 9.17) is 9.15 Å².